The molecule has 1 aliphatic rings. The average Bonchev–Trinajstić information content (AvgIpc) is 2.50. The third-order valence-electron chi connectivity index (χ3n) is 4.98. The summed E-state index contributed by atoms with van der Waals surface area (Å²) < 4.78 is 5.60. The molecule has 2 rings (SSSR count). The summed E-state index contributed by atoms with van der Waals surface area (Å²) in [5.74, 6) is 2.04. The zero-order valence-electron chi connectivity index (χ0n) is 12.1. The number of furan rings is 1. The highest BCUT2D eigenvalue weighted by Crippen LogP contribution is 2.63. The van der Waals surface area contributed by atoms with Gasteiger partial charge in [-0.25, -0.2) is 0 Å². The van der Waals surface area contributed by atoms with Gasteiger partial charge in [0.1, 0.15) is 11.5 Å². The van der Waals surface area contributed by atoms with Crippen LogP contribution in [0.4, 0.5) is 0 Å². The van der Waals surface area contributed by atoms with Crippen molar-refractivity contribution < 1.29 is 4.42 Å². The van der Waals surface area contributed by atoms with Crippen molar-refractivity contribution >= 4 is 0 Å². The van der Waals surface area contributed by atoms with Gasteiger partial charge in [-0.15, -0.1) is 0 Å². The zero-order valence-corrected chi connectivity index (χ0v) is 12.1. The highest BCUT2D eigenvalue weighted by atomic mass is 16.3. The van der Waals surface area contributed by atoms with Crippen LogP contribution in [0.1, 0.15) is 57.7 Å². The van der Waals surface area contributed by atoms with Crippen LogP contribution >= 0.6 is 0 Å². The first-order valence-electron chi connectivity index (χ1n) is 6.51. The van der Waals surface area contributed by atoms with Gasteiger partial charge in [0, 0.05) is 17.6 Å². The highest BCUT2D eigenvalue weighted by Gasteiger charge is 2.64. The molecule has 0 aliphatic heterocycles. The molecule has 1 saturated carbocycles. The van der Waals surface area contributed by atoms with E-state index in [9.17, 15) is 0 Å². The molecule has 0 amide bonds. The zero-order chi connectivity index (χ0) is 13.0. The molecule has 2 heteroatoms. The molecule has 2 nitrogen and oxygen atoms in total. The van der Waals surface area contributed by atoms with Crippen molar-refractivity contribution in [3.05, 3.63) is 23.2 Å². The van der Waals surface area contributed by atoms with Crippen LogP contribution in [0.15, 0.2) is 10.5 Å². The van der Waals surface area contributed by atoms with Crippen LogP contribution in [0, 0.1) is 24.7 Å². The standard InChI is InChI=1S/C15H25NO/c1-9-8-12(11(3)17-9)10(2)16-13-14(4,5)15(13,6)7/h8,10,13,16H,1-7H3. The summed E-state index contributed by atoms with van der Waals surface area (Å²) in [5.41, 5.74) is 2.06. The molecule has 1 unspecified atom stereocenters. The smallest absolute Gasteiger partial charge is 0.105 e. The molecule has 1 aliphatic carbocycles. The molecule has 0 saturated heterocycles. The minimum atomic E-state index is 0.360. The Labute approximate surface area is 105 Å². The van der Waals surface area contributed by atoms with Crippen molar-refractivity contribution in [2.24, 2.45) is 10.8 Å². The maximum absolute atomic E-state index is 5.60. The summed E-state index contributed by atoms with van der Waals surface area (Å²) in [6, 6.07) is 3.09. The lowest BCUT2D eigenvalue weighted by Crippen LogP contribution is -2.25. The van der Waals surface area contributed by atoms with E-state index < -0.39 is 0 Å². The molecule has 1 fully saturated rings. The van der Waals surface area contributed by atoms with Crippen molar-refractivity contribution in [1.29, 1.82) is 0 Å². The second kappa shape index (κ2) is 3.61. The quantitative estimate of drug-likeness (QED) is 0.857. The van der Waals surface area contributed by atoms with Crippen molar-refractivity contribution in [3.63, 3.8) is 0 Å². The van der Waals surface area contributed by atoms with Gasteiger partial charge in [-0.05, 0) is 37.7 Å². The van der Waals surface area contributed by atoms with Gasteiger partial charge >= 0.3 is 0 Å². The molecular formula is C15H25NO. The van der Waals surface area contributed by atoms with Gasteiger partial charge < -0.3 is 9.73 Å². The largest absolute Gasteiger partial charge is 0.466 e. The summed E-state index contributed by atoms with van der Waals surface area (Å²) in [6.45, 7) is 15.6. The summed E-state index contributed by atoms with van der Waals surface area (Å²) in [4.78, 5) is 0. The van der Waals surface area contributed by atoms with Gasteiger partial charge in [-0.1, -0.05) is 27.7 Å². The number of hydrogen-bond acceptors (Lipinski definition) is 2. The van der Waals surface area contributed by atoms with Gasteiger partial charge in [0.2, 0.25) is 0 Å². The number of nitrogens with one attached hydrogen (secondary N) is 1. The second-order valence-electron chi connectivity index (χ2n) is 6.63. The Morgan fingerprint density at radius 1 is 1.18 bits per heavy atom. The molecule has 96 valence electrons. The van der Waals surface area contributed by atoms with E-state index in [0.717, 1.165) is 11.5 Å². The van der Waals surface area contributed by atoms with Gasteiger partial charge in [-0.2, -0.15) is 0 Å². The monoisotopic (exact) mass is 235 g/mol. The predicted octanol–water partition coefficient (Wildman–Crippen LogP) is 3.98. The Kier molecular flexibility index (Phi) is 2.70. The lowest BCUT2D eigenvalue weighted by Gasteiger charge is -2.14. The Balaban J connectivity index is 2.09. The molecule has 1 N–H and O–H groups in total. The van der Waals surface area contributed by atoms with Crippen LogP contribution < -0.4 is 5.32 Å². The topological polar surface area (TPSA) is 25.2 Å². The van der Waals surface area contributed by atoms with Gasteiger partial charge in [0.25, 0.3) is 0 Å². The molecule has 0 spiro atoms. The molecule has 0 radical (unpaired) electrons. The molecule has 1 aromatic heterocycles. The van der Waals surface area contributed by atoms with Crippen molar-refractivity contribution in [1.82, 2.24) is 5.32 Å². The van der Waals surface area contributed by atoms with Crippen LogP contribution in [0.25, 0.3) is 0 Å². The molecule has 0 bridgehead atoms. The van der Waals surface area contributed by atoms with Gasteiger partial charge in [-0.3, -0.25) is 0 Å². The summed E-state index contributed by atoms with van der Waals surface area (Å²) in [6.07, 6.45) is 0. The normalized spacial score (nSPS) is 23.7. The molecule has 1 atom stereocenters. The third kappa shape index (κ3) is 1.83. The lowest BCUT2D eigenvalue weighted by atomic mass is 10.0. The van der Waals surface area contributed by atoms with Crippen LogP contribution in [-0.2, 0) is 0 Å². The first kappa shape index (κ1) is 12.7. The predicted molar refractivity (Wildman–Crippen MR) is 71.1 cm³/mol. The Bertz CT molecular complexity index is 414. The van der Waals surface area contributed by atoms with Gasteiger partial charge in [0.05, 0.1) is 0 Å². The molecule has 1 heterocycles. The summed E-state index contributed by atoms with van der Waals surface area (Å²) in [5, 5.41) is 3.74. The molecule has 17 heavy (non-hydrogen) atoms. The Morgan fingerprint density at radius 2 is 1.71 bits per heavy atom. The first-order valence-corrected chi connectivity index (χ1v) is 6.51. The number of hydrogen-bond donors (Lipinski definition) is 1. The van der Waals surface area contributed by atoms with Crippen LogP contribution in [0.2, 0.25) is 0 Å². The highest BCUT2D eigenvalue weighted by molar-refractivity contribution is 5.26. The van der Waals surface area contributed by atoms with E-state index in [1.165, 1.54) is 5.56 Å². The minimum absolute atomic E-state index is 0.360. The summed E-state index contributed by atoms with van der Waals surface area (Å²) in [7, 11) is 0. The van der Waals surface area contributed by atoms with E-state index in [4.69, 9.17) is 4.42 Å². The fourth-order valence-electron chi connectivity index (χ4n) is 3.03. The molecule has 1 aromatic rings. The fraction of sp³-hybridized carbons (Fsp3) is 0.733. The molecular weight excluding hydrogens is 210 g/mol. The van der Waals surface area contributed by atoms with Gasteiger partial charge in [0.15, 0.2) is 0 Å². The van der Waals surface area contributed by atoms with Crippen molar-refractivity contribution in [2.45, 2.75) is 60.5 Å². The summed E-state index contributed by atoms with van der Waals surface area (Å²) >= 11 is 0. The SMILES string of the molecule is Cc1cc(C(C)NC2C(C)(C)C2(C)C)c(C)o1. The Hall–Kier alpha value is -0.760. The first-order chi connectivity index (χ1) is 7.68. The van der Waals surface area contributed by atoms with E-state index >= 15 is 0 Å². The van der Waals surface area contributed by atoms with E-state index in [1.807, 2.05) is 13.8 Å². The maximum Gasteiger partial charge on any atom is 0.105 e. The third-order valence-corrected chi connectivity index (χ3v) is 4.98. The van der Waals surface area contributed by atoms with E-state index in [-0.39, 0.29) is 0 Å². The Morgan fingerprint density at radius 3 is 2.06 bits per heavy atom. The minimum Gasteiger partial charge on any atom is -0.466 e. The van der Waals surface area contributed by atoms with E-state index in [1.54, 1.807) is 0 Å². The number of rotatable bonds is 3. The van der Waals surface area contributed by atoms with Crippen LogP contribution in [-0.4, -0.2) is 6.04 Å². The fourth-order valence-corrected chi connectivity index (χ4v) is 3.03. The number of aryl methyl sites for hydroxylation is 2. The van der Waals surface area contributed by atoms with E-state index in [2.05, 4.69) is 46.0 Å². The van der Waals surface area contributed by atoms with Crippen molar-refractivity contribution in [2.75, 3.05) is 0 Å². The van der Waals surface area contributed by atoms with Crippen LogP contribution in [0.5, 0.6) is 0 Å². The molecule has 0 aromatic carbocycles. The van der Waals surface area contributed by atoms with E-state index in [0.29, 0.717) is 22.9 Å². The maximum atomic E-state index is 5.60. The second-order valence-corrected chi connectivity index (χ2v) is 6.63. The lowest BCUT2D eigenvalue weighted by molar-refractivity contribution is 0.457. The van der Waals surface area contributed by atoms with Crippen LogP contribution in [0.3, 0.4) is 0 Å². The van der Waals surface area contributed by atoms with Crippen molar-refractivity contribution in [3.8, 4) is 0 Å². The average molecular weight is 235 g/mol.